The van der Waals surface area contributed by atoms with Gasteiger partial charge in [0.15, 0.2) is 0 Å². The molecule has 1 aromatic carbocycles. The van der Waals surface area contributed by atoms with Gasteiger partial charge < -0.3 is 14.2 Å². The van der Waals surface area contributed by atoms with E-state index in [1.165, 1.54) is 26.8 Å². The first kappa shape index (κ1) is 15.7. The summed E-state index contributed by atoms with van der Waals surface area (Å²) in [5.41, 5.74) is 0.661. The first-order valence-electron chi connectivity index (χ1n) is 6.08. The number of carbonyl (C=O) groups excluding carboxylic acids is 1. The lowest BCUT2D eigenvalue weighted by atomic mass is 10.1. The molecule has 0 bridgehead atoms. The molecule has 7 nitrogen and oxygen atoms in total. The first-order chi connectivity index (χ1) is 10.7. The minimum Gasteiger partial charge on any atom is -0.503 e. The van der Waals surface area contributed by atoms with Crippen LogP contribution in [0.15, 0.2) is 36.9 Å². The Morgan fingerprint density at radius 2 is 2.00 bits per heavy atom. The van der Waals surface area contributed by atoms with E-state index in [4.69, 9.17) is 25.8 Å². The van der Waals surface area contributed by atoms with E-state index in [2.05, 4.69) is 15.0 Å². The highest BCUT2D eigenvalue weighted by molar-refractivity contribution is 6.28. The van der Waals surface area contributed by atoms with Gasteiger partial charge in [-0.1, -0.05) is 18.2 Å². The van der Waals surface area contributed by atoms with E-state index in [0.29, 0.717) is 11.3 Å². The molecule has 0 saturated heterocycles. The summed E-state index contributed by atoms with van der Waals surface area (Å²) in [6.45, 7) is 0. The molecule has 0 fully saturated rings. The number of rotatable bonds is 5. The van der Waals surface area contributed by atoms with Crippen LogP contribution in [0.3, 0.4) is 0 Å². The van der Waals surface area contributed by atoms with Crippen molar-refractivity contribution in [2.45, 2.75) is 0 Å². The van der Waals surface area contributed by atoms with E-state index >= 15 is 0 Å². The van der Waals surface area contributed by atoms with Crippen molar-refractivity contribution in [3.63, 3.8) is 0 Å². The van der Waals surface area contributed by atoms with Crippen molar-refractivity contribution in [3.05, 3.63) is 47.7 Å². The van der Waals surface area contributed by atoms with E-state index in [0.717, 1.165) is 0 Å². The summed E-state index contributed by atoms with van der Waals surface area (Å²) in [4.78, 5) is 23.2. The summed E-state index contributed by atoms with van der Waals surface area (Å²) in [5, 5.41) is 0.00288. The second-order valence-electron chi connectivity index (χ2n) is 3.89. The molecule has 0 atom stereocenters. The number of hydrogen-bond acceptors (Lipinski definition) is 7. The van der Waals surface area contributed by atoms with Crippen LogP contribution < -0.4 is 4.74 Å². The van der Waals surface area contributed by atoms with Crippen LogP contribution in [0.5, 0.6) is 11.8 Å². The molecule has 22 heavy (non-hydrogen) atoms. The third-order valence-electron chi connectivity index (χ3n) is 2.54. The molecule has 0 spiro atoms. The van der Waals surface area contributed by atoms with E-state index in [1.54, 1.807) is 24.3 Å². The molecular weight excluding hydrogens is 310 g/mol. The maximum Gasteiger partial charge on any atom is 0.341 e. The number of esters is 1. The summed E-state index contributed by atoms with van der Waals surface area (Å²) in [6, 6.07) is 6.83. The van der Waals surface area contributed by atoms with Crippen molar-refractivity contribution in [1.29, 1.82) is 0 Å². The number of hydrogen-bond donors (Lipinski definition) is 0. The molecule has 2 aromatic rings. The Hall–Kier alpha value is -2.67. The Labute approximate surface area is 131 Å². The van der Waals surface area contributed by atoms with Crippen LogP contribution in [0.4, 0.5) is 0 Å². The molecular formula is C14H12ClN3O4. The number of halogens is 1. The van der Waals surface area contributed by atoms with Crippen LogP contribution in [-0.4, -0.2) is 35.1 Å². The van der Waals surface area contributed by atoms with Gasteiger partial charge in [0, 0.05) is 5.56 Å². The summed E-state index contributed by atoms with van der Waals surface area (Å²) in [7, 11) is 2.71. The van der Waals surface area contributed by atoms with Crippen LogP contribution in [0, 0.1) is 0 Å². The van der Waals surface area contributed by atoms with E-state index in [9.17, 15) is 4.79 Å². The fraction of sp³-hybridized carbons (Fsp3) is 0.143. The fourth-order valence-corrected chi connectivity index (χ4v) is 1.75. The minimum absolute atomic E-state index is 0.00288. The average Bonchev–Trinajstić information content (AvgIpc) is 2.53. The highest BCUT2D eigenvalue weighted by Gasteiger charge is 2.18. The zero-order valence-corrected chi connectivity index (χ0v) is 12.6. The van der Waals surface area contributed by atoms with E-state index in [1.807, 2.05) is 0 Å². The second kappa shape index (κ2) is 7.37. The second-order valence-corrected chi connectivity index (χ2v) is 4.23. The van der Waals surface area contributed by atoms with Gasteiger partial charge in [0.05, 0.1) is 20.5 Å². The number of aromatic nitrogens is 3. The Morgan fingerprint density at radius 1 is 1.23 bits per heavy atom. The topological polar surface area (TPSA) is 83.4 Å². The van der Waals surface area contributed by atoms with Gasteiger partial charge in [-0.05, 0) is 17.7 Å². The number of carbonyl (C=O) groups is 1. The van der Waals surface area contributed by atoms with Crippen molar-refractivity contribution in [2.24, 2.45) is 0 Å². The van der Waals surface area contributed by atoms with Crippen molar-refractivity contribution in [1.82, 2.24) is 15.0 Å². The third-order valence-corrected chi connectivity index (χ3v) is 2.72. The van der Waals surface area contributed by atoms with Crippen LogP contribution >= 0.6 is 11.6 Å². The molecule has 0 aliphatic rings. The Balaban J connectivity index is 2.41. The number of nitrogens with zero attached hydrogens (tertiary/aromatic N) is 3. The maximum atomic E-state index is 11.9. The molecule has 1 heterocycles. The lowest BCUT2D eigenvalue weighted by molar-refractivity contribution is -0.133. The van der Waals surface area contributed by atoms with Gasteiger partial charge in [0.25, 0.3) is 0 Å². The molecule has 0 aliphatic heterocycles. The lowest BCUT2D eigenvalue weighted by Crippen LogP contribution is -2.06. The van der Waals surface area contributed by atoms with Crippen LogP contribution in [-0.2, 0) is 14.3 Å². The van der Waals surface area contributed by atoms with Crippen molar-refractivity contribution in [3.8, 4) is 11.8 Å². The zero-order valence-electron chi connectivity index (χ0n) is 11.8. The predicted octanol–water partition coefficient (Wildman–Crippen LogP) is 2.48. The van der Waals surface area contributed by atoms with E-state index < -0.39 is 5.97 Å². The lowest BCUT2D eigenvalue weighted by Gasteiger charge is -2.11. The zero-order chi connectivity index (χ0) is 15.9. The molecule has 0 unspecified atom stereocenters. The van der Waals surface area contributed by atoms with Gasteiger partial charge in [-0.25, -0.2) is 9.78 Å². The van der Waals surface area contributed by atoms with Crippen LogP contribution in [0.2, 0.25) is 5.28 Å². The molecule has 0 aliphatic carbocycles. The molecule has 8 heteroatoms. The minimum atomic E-state index is -0.563. The largest absolute Gasteiger partial charge is 0.503 e. The molecule has 0 radical (unpaired) electrons. The van der Waals surface area contributed by atoms with Gasteiger partial charge in [0.1, 0.15) is 17.6 Å². The number of ether oxygens (including phenoxy) is 3. The normalized spacial score (nSPS) is 11.0. The Kier molecular flexibility index (Phi) is 5.26. The van der Waals surface area contributed by atoms with Crippen LogP contribution in [0.25, 0.3) is 5.57 Å². The summed E-state index contributed by atoms with van der Waals surface area (Å²) >= 11 is 5.69. The first-order valence-corrected chi connectivity index (χ1v) is 6.46. The molecule has 0 saturated carbocycles. The quantitative estimate of drug-likeness (QED) is 0.475. The monoisotopic (exact) mass is 321 g/mol. The molecule has 114 valence electrons. The average molecular weight is 322 g/mol. The van der Waals surface area contributed by atoms with Gasteiger partial charge in [0.2, 0.25) is 5.28 Å². The van der Waals surface area contributed by atoms with Crippen molar-refractivity contribution in [2.75, 3.05) is 14.2 Å². The van der Waals surface area contributed by atoms with Crippen LogP contribution in [0.1, 0.15) is 5.56 Å². The number of methoxy groups -OCH3 is 2. The molecule has 0 N–H and O–H groups in total. The predicted molar refractivity (Wildman–Crippen MR) is 78.4 cm³/mol. The Morgan fingerprint density at radius 3 is 2.68 bits per heavy atom. The summed E-state index contributed by atoms with van der Waals surface area (Å²) < 4.78 is 15.2. The molecule has 1 aromatic heterocycles. The SMILES string of the molecule is CO/C=C(/C(=O)OC)c1ccccc1Oc1ncnc(Cl)n1. The standard InChI is InChI=1S/C14H12ClN3O4/c1-20-7-10(12(19)21-2)9-5-3-4-6-11(9)22-14-17-8-16-13(15)18-14/h3-8H,1-2H3/b10-7+. The molecule has 0 amide bonds. The highest BCUT2D eigenvalue weighted by atomic mass is 35.5. The van der Waals surface area contributed by atoms with Gasteiger partial charge in [-0.15, -0.1) is 0 Å². The van der Waals surface area contributed by atoms with E-state index in [-0.39, 0.29) is 16.9 Å². The van der Waals surface area contributed by atoms with Gasteiger partial charge in [-0.3, -0.25) is 0 Å². The van der Waals surface area contributed by atoms with Crippen molar-refractivity contribution >= 4 is 23.1 Å². The molecule has 2 rings (SSSR count). The fourth-order valence-electron chi connectivity index (χ4n) is 1.64. The summed E-state index contributed by atoms with van der Waals surface area (Å²) in [5.74, 6) is -0.218. The number of para-hydroxylation sites is 1. The number of benzene rings is 1. The van der Waals surface area contributed by atoms with Gasteiger partial charge >= 0.3 is 12.0 Å². The van der Waals surface area contributed by atoms with Gasteiger partial charge in [-0.2, -0.15) is 9.97 Å². The highest BCUT2D eigenvalue weighted by Crippen LogP contribution is 2.29. The van der Waals surface area contributed by atoms with Crippen molar-refractivity contribution < 1.29 is 19.0 Å². The Bertz CT molecular complexity index is 706. The third kappa shape index (κ3) is 3.70. The smallest absolute Gasteiger partial charge is 0.341 e. The maximum absolute atomic E-state index is 11.9. The summed E-state index contributed by atoms with van der Waals surface area (Å²) in [6.07, 6.45) is 2.49.